The minimum Gasteiger partial charge on any atom is -0.310 e. The summed E-state index contributed by atoms with van der Waals surface area (Å²) in [6.45, 7) is 0.459. The van der Waals surface area contributed by atoms with E-state index < -0.39 is 0 Å². The lowest BCUT2D eigenvalue weighted by Crippen LogP contribution is -2.22. The number of benzene rings is 1. The molecule has 0 radical (unpaired) electrons. The summed E-state index contributed by atoms with van der Waals surface area (Å²) in [5, 5.41) is 7.46. The molecule has 5 aromatic rings. The van der Waals surface area contributed by atoms with Crippen LogP contribution in [0, 0.1) is 0 Å². The van der Waals surface area contributed by atoms with Crippen LogP contribution in [0.25, 0.3) is 27.6 Å². The summed E-state index contributed by atoms with van der Waals surface area (Å²) in [7, 11) is 0. The molecular weight excluding hydrogens is 354 g/mol. The molecule has 0 atom stereocenters. The van der Waals surface area contributed by atoms with Crippen molar-refractivity contribution >= 4 is 21.8 Å². The van der Waals surface area contributed by atoms with Crippen molar-refractivity contribution in [3.05, 3.63) is 99.5 Å². The van der Waals surface area contributed by atoms with Crippen molar-refractivity contribution in [3.63, 3.8) is 0 Å². The zero-order chi connectivity index (χ0) is 19.1. The van der Waals surface area contributed by atoms with Gasteiger partial charge in [0.15, 0.2) is 0 Å². The Bertz CT molecular complexity index is 1420. The van der Waals surface area contributed by atoms with E-state index in [-0.39, 0.29) is 11.1 Å². The molecule has 0 saturated heterocycles. The number of hydrogen-bond donors (Lipinski definition) is 1. The van der Waals surface area contributed by atoms with Gasteiger partial charge in [0.2, 0.25) is 0 Å². The monoisotopic (exact) mass is 369 g/mol. The third-order valence-electron chi connectivity index (χ3n) is 4.76. The largest absolute Gasteiger partial charge is 0.310 e. The second-order valence-electron chi connectivity index (χ2n) is 6.52. The Morgan fingerprint density at radius 2 is 1.61 bits per heavy atom. The second kappa shape index (κ2) is 6.31. The molecule has 0 aliphatic heterocycles. The lowest BCUT2D eigenvalue weighted by Gasteiger charge is -2.09. The highest BCUT2D eigenvalue weighted by Gasteiger charge is 2.11. The van der Waals surface area contributed by atoms with Crippen molar-refractivity contribution in [3.8, 4) is 5.82 Å². The first-order chi connectivity index (χ1) is 13.7. The lowest BCUT2D eigenvalue weighted by atomic mass is 10.1. The van der Waals surface area contributed by atoms with Gasteiger partial charge in [-0.25, -0.2) is 4.98 Å². The first-order valence-corrected chi connectivity index (χ1v) is 8.80. The van der Waals surface area contributed by atoms with Crippen LogP contribution in [0.4, 0.5) is 0 Å². The summed E-state index contributed by atoms with van der Waals surface area (Å²) in [4.78, 5) is 30.4. The zero-order valence-electron chi connectivity index (χ0n) is 14.7. The van der Waals surface area contributed by atoms with Crippen LogP contribution in [0.15, 0.2) is 82.8 Å². The highest BCUT2D eigenvalue weighted by molar-refractivity contribution is 5.91. The van der Waals surface area contributed by atoms with Crippen LogP contribution in [0.1, 0.15) is 5.56 Å². The molecule has 0 aliphatic carbocycles. The minimum absolute atomic E-state index is 0.174. The number of fused-ring (bicyclic) bond motifs is 2. The molecule has 0 bridgehead atoms. The SMILES string of the molecule is O=c1c2cc3c(=O)n(-c4ccn[nH]4)ccc3nc2ccn1Cc1ccccc1. The first-order valence-electron chi connectivity index (χ1n) is 8.80. The molecule has 7 nitrogen and oxygen atoms in total. The molecule has 0 fully saturated rings. The van der Waals surface area contributed by atoms with E-state index in [2.05, 4.69) is 15.2 Å². The van der Waals surface area contributed by atoms with Crippen molar-refractivity contribution in [2.75, 3.05) is 0 Å². The van der Waals surface area contributed by atoms with E-state index >= 15 is 0 Å². The zero-order valence-corrected chi connectivity index (χ0v) is 14.7. The summed E-state index contributed by atoms with van der Waals surface area (Å²) in [6, 6.07) is 16.7. The van der Waals surface area contributed by atoms with E-state index in [0.29, 0.717) is 34.2 Å². The van der Waals surface area contributed by atoms with Crippen molar-refractivity contribution in [1.29, 1.82) is 0 Å². The topological polar surface area (TPSA) is 85.6 Å². The average Bonchev–Trinajstić information content (AvgIpc) is 3.25. The first kappa shape index (κ1) is 16.2. The van der Waals surface area contributed by atoms with E-state index in [9.17, 15) is 9.59 Å². The van der Waals surface area contributed by atoms with E-state index in [0.717, 1.165) is 5.56 Å². The summed E-state index contributed by atoms with van der Waals surface area (Å²) >= 11 is 0. The number of pyridine rings is 3. The predicted molar refractivity (Wildman–Crippen MR) is 107 cm³/mol. The normalized spacial score (nSPS) is 11.3. The number of rotatable bonds is 3. The van der Waals surface area contributed by atoms with Crippen LogP contribution < -0.4 is 11.1 Å². The number of nitrogens with zero attached hydrogens (tertiary/aromatic N) is 4. The number of aromatic amines is 1. The molecule has 0 unspecified atom stereocenters. The van der Waals surface area contributed by atoms with Crippen LogP contribution in [0.3, 0.4) is 0 Å². The molecule has 1 aromatic carbocycles. The quantitative estimate of drug-likeness (QED) is 0.495. The van der Waals surface area contributed by atoms with Gasteiger partial charge < -0.3 is 4.57 Å². The molecule has 0 aliphatic rings. The molecule has 7 heteroatoms. The van der Waals surface area contributed by atoms with Crippen LogP contribution in [0.5, 0.6) is 0 Å². The van der Waals surface area contributed by atoms with Crippen LogP contribution in [0.2, 0.25) is 0 Å². The molecular formula is C21H15N5O2. The van der Waals surface area contributed by atoms with Crippen molar-refractivity contribution in [2.45, 2.75) is 6.54 Å². The summed E-state index contributed by atoms with van der Waals surface area (Å²) in [6.07, 6.45) is 4.96. The van der Waals surface area contributed by atoms with Gasteiger partial charge >= 0.3 is 0 Å². The summed E-state index contributed by atoms with van der Waals surface area (Å²) < 4.78 is 3.08. The Morgan fingerprint density at radius 1 is 0.857 bits per heavy atom. The Morgan fingerprint density at radius 3 is 2.36 bits per heavy atom. The second-order valence-corrected chi connectivity index (χ2v) is 6.52. The van der Waals surface area contributed by atoms with Gasteiger partial charge in [-0.2, -0.15) is 5.10 Å². The van der Waals surface area contributed by atoms with Gasteiger partial charge in [-0.1, -0.05) is 30.3 Å². The fraction of sp³-hybridized carbons (Fsp3) is 0.0476. The van der Waals surface area contributed by atoms with Crippen LogP contribution >= 0.6 is 0 Å². The van der Waals surface area contributed by atoms with Crippen LogP contribution in [-0.2, 0) is 6.54 Å². The predicted octanol–water partition coefficient (Wildman–Crippen LogP) is 2.47. The number of nitrogens with one attached hydrogen (secondary N) is 1. The molecule has 136 valence electrons. The molecule has 5 rings (SSSR count). The van der Waals surface area contributed by atoms with Gasteiger partial charge in [0, 0.05) is 18.5 Å². The Kier molecular flexibility index (Phi) is 3.65. The summed E-state index contributed by atoms with van der Waals surface area (Å²) in [5.74, 6) is 0.557. The standard InChI is InChI=1S/C21H15N5O2/c27-20-15-12-16-18(8-11-26(21(16)28)19-6-9-22-24-19)23-17(15)7-10-25(20)13-14-4-2-1-3-5-14/h1-12H,13H2,(H,22,24). The Hall–Kier alpha value is -4.00. The number of aromatic nitrogens is 5. The van der Waals surface area contributed by atoms with E-state index in [1.54, 1.807) is 47.4 Å². The van der Waals surface area contributed by atoms with Gasteiger partial charge in [-0.15, -0.1) is 0 Å². The van der Waals surface area contributed by atoms with Gasteiger partial charge in [-0.3, -0.25) is 19.3 Å². The number of hydrogen-bond acceptors (Lipinski definition) is 4. The van der Waals surface area contributed by atoms with Gasteiger partial charge in [0.25, 0.3) is 11.1 Å². The van der Waals surface area contributed by atoms with E-state index in [1.165, 1.54) is 4.57 Å². The maximum Gasteiger partial charge on any atom is 0.265 e. The maximum atomic E-state index is 13.0. The molecule has 4 aromatic heterocycles. The Labute approximate surface area is 158 Å². The molecule has 1 N–H and O–H groups in total. The van der Waals surface area contributed by atoms with Gasteiger partial charge in [0.05, 0.1) is 34.5 Å². The molecule has 4 heterocycles. The fourth-order valence-electron chi connectivity index (χ4n) is 3.34. The Balaban J connectivity index is 1.71. The van der Waals surface area contributed by atoms with Crippen molar-refractivity contribution in [2.24, 2.45) is 0 Å². The fourth-order valence-corrected chi connectivity index (χ4v) is 3.34. The van der Waals surface area contributed by atoms with E-state index in [1.807, 2.05) is 30.3 Å². The highest BCUT2D eigenvalue weighted by Crippen LogP contribution is 2.15. The van der Waals surface area contributed by atoms with Crippen LogP contribution in [-0.4, -0.2) is 24.3 Å². The summed E-state index contributed by atoms with van der Waals surface area (Å²) in [5.41, 5.74) is 1.72. The smallest absolute Gasteiger partial charge is 0.265 e. The minimum atomic E-state index is -0.256. The van der Waals surface area contributed by atoms with Crippen molar-refractivity contribution < 1.29 is 0 Å². The molecule has 28 heavy (non-hydrogen) atoms. The maximum absolute atomic E-state index is 13.0. The highest BCUT2D eigenvalue weighted by atomic mass is 16.1. The molecule has 0 spiro atoms. The molecule has 0 saturated carbocycles. The lowest BCUT2D eigenvalue weighted by molar-refractivity contribution is 0.767. The van der Waals surface area contributed by atoms with Gasteiger partial charge in [-0.05, 0) is 23.8 Å². The molecule has 0 amide bonds. The average molecular weight is 369 g/mol. The van der Waals surface area contributed by atoms with Gasteiger partial charge in [0.1, 0.15) is 5.82 Å². The third kappa shape index (κ3) is 2.61. The van der Waals surface area contributed by atoms with Crippen molar-refractivity contribution in [1.82, 2.24) is 24.3 Å². The number of H-pyrrole nitrogens is 1. The van der Waals surface area contributed by atoms with E-state index in [4.69, 9.17) is 0 Å². The third-order valence-corrected chi connectivity index (χ3v) is 4.76.